The van der Waals surface area contributed by atoms with E-state index in [0.29, 0.717) is 19.4 Å². The maximum Gasteiger partial charge on any atom is 0.335 e. The largest absolute Gasteiger partial charge is 0.463 e. The Morgan fingerprint density at radius 3 is 2.47 bits per heavy atom. The minimum Gasteiger partial charge on any atom is -0.463 e. The molecule has 5 rings (SSSR count). The van der Waals surface area contributed by atoms with Crippen molar-refractivity contribution >= 4 is 17.9 Å². The third kappa shape index (κ3) is 3.83. The second kappa shape index (κ2) is 9.11. The zero-order valence-corrected chi connectivity index (χ0v) is 20.9. The number of allylic oxidation sites excluding steroid dienone is 3. The molecule has 3 heterocycles. The van der Waals surface area contributed by atoms with Crippen molar-refractivity contribution in [3.8, 4) is 0 Å². The molecule has 2 saturated heterocycles. The van der Waals surface area contributed by atoms with Gasteiger partial charge in [0.25, 0.3) is 0 Å². The van der Waals surface area contributed by atoms with Gasteiger partial charge in [-0.1, -0.05) is 37.6 Å². The number of aliphatic hydroxyl groups excluding tert-OH is 1. The summed E-state index contributed by atoms with van der Waals surface area (Å²) in [4.78, 5) is 37.6. The molecule has 36 heavy (non-hydrogen) atoms. The zero-order valence-electron chi connectivity index (χ0n) is 20.9. The molecule has 0 amide bonds. The van der Waals surface area contributed by atoms with E-state index in [0.717, 1.165) is 6.42 Å². The van der Waals surface area contributed by atoms with Gasteiger partial charge >= 0.3 is 17.9 Å². The maximum absolute atomic E-state index is 12.9. The zero-order chi connectivity index (χ0) is 25.7. The highest BCUT2D eigenvalue weighted by Gasteiger charge is 2.83. The molecule has 9 heteroatoms. The molecule has 8 atom stereocenters. The van der Waals surface area contributed by atoms with Crippen LogP contribution in [-0.4, -0.2) is 72.9 Å². The fourth-order valence-corrected chi connectivity index (χ4v) is 6.65. The first kappa shape index (κ1) is 25.2. The summed E-state index contributed by atoms with van der Waals surface area (Å²) in [6.07, 6.45) is 7.11. The third-order valence-corrected chi connectivity index (χ3v) is 9.12. The Balaban J connectivity index is 1.52. The van der Waals surface area contributed by atoms with E-state index < -0.39 is 52.5 Å². The van der Waals surface area contributed by atoms with Crippen LogP contribution in [0, 0.1) is 16.7 Å². The first-order valence-electron chi connectivity index (χ1n) is 12.7. The number of rotatable bonds is 0. The van der Waals surface area contributed by atoms with Crippen LogP contribution in [0.1, 0.15) is 46.5 Å². The van der Waals surface area contributed by atoms with Crippen molar-refractivity contribution in [2.24, 2.45) is 16.7 Å². The summed E-state index contributed by atoms with van der Waals surface area (Å²) in [5.41, 5.74) is -0.820. The van der Waals surface area contributed by atoms with Gasteiger partial charge in [0.1, 0.15) is 18.3 Å². The Hall–Kier alpha value is -2.49. The first-order valence-corrected chi connectivity index (χ1v) is 12.7. The lowest BCUT2D eigenvalue weighted by Crippen LogP contribution is -2.66. The van der Waals surface area contributed by atoms with Crippen molar-refractivity contribution in [1.82, 2.24) is 0 Å². The van der Waals surface area contributed by atoms with Crippen LogP contribution in [0.3, 0.4) is 0 Å². The second-order valence-corrected chi connectivity index (χ2v) is 11.0. The fraction of sp³-hybridized carbons (Fsp3) is 0.667. The van der Waals surface area contributed by atoms with E-state index in [2.05, 4.69) is 19.9 Å². The Kier molecular flexibility index (Phi) is 6.37. The average Bonchev–Trinajstić information content (AvgIpc) is 3.62. The Labute approximate surface area is 210 Å². The lowest BCUT2D eigenvalue weighted by molar-refractivity contribution is -0.234. The number of carbonyl (C=O) groups is 3. The van der Waals surface area contributed by atoms with Crippen LogP contribution >= 0.6 is 0 Å². The Morgan fingerprint density at radius 1 is 1.03 bits per heavy atom. The van der Waals surface area contributed by atoms with E-state index >= 15 is 0 Å². The van der Waals surface area contributed by atoms with Crippen molar-refractivity contribution < 1.29 is 43.2 Å². The fourth-order valence-electron chi connectivity index (χ4n) is 6.65. The topological polar surface area (TPSA) is 121 Å². The molecular weight excluding hydrogens is 468 g/mol. The van der Waals surface area contributed by atoms with Crippen LogP contribution in [0.2, 0.25) is 0 Å². The minimum atomic E-state index is -1.37. The van der Waals surface area contributed by atoms with Crippen LogP contribution < -0.4 is 0 Å². The molecule has 3 aliphatic heterocycles. The number of epoxide rings is 1. The van der Waals surface area contributed by atoms with E-state index in [1.165, 1.54) is 29.9 Å². The molecule has 1 N–H and O–H groups in total. The van der Waals surface area contributed by atoms with Gasteiger partial charge in [0.05, 0.1) is 30.8 Å². The summed E-state index contributed by atoms with van der Waals surface area (Å²) in [7, 11) is 0. The number of aliphatic hydroxyl groups is 1. The first-order chi connectivity index (χ1) is 17.1. The number of ether oxygens (including phenoxy) is 5. The smallest absolute Gasteiger partial charge is 0.335 e. The summed E-state index contributed by atoms with van der Waals surface area (Å²) < 4.78 is 29.6. The van der Waals surface area contributed by atoms with Crippen LogP contribution in [0.15, 0.2) is 36.0 Å². The van der Waals surface area contributed by atoms with Crippen LogP contribution in [0.25, 0.3) is 0 Å². The summed E-state index contributed by atoms with van der Waals surface area (Å²) in [6.45, 7) is 6.34. The summed E-state index contributed by atoms with van der Waals surface area (Å²) in [5.74, 6) is -2.34. The summed E-state index contributed by atoms with van der Waals surface area (Å²) in [6, 6.07) is 0. The molecule has 3 fully saturated rings. The predicted octanol–water partition coefficient (Wildman–Crippen LogP) is 2.17. The van der Waals surface area contributed by atoms with Crippen molar-refractivity contribution in [3.05, 3.63) is 36.0 Å². The molecule has 8 unspecified atom stereocenters. The van der Waals surface area contributed by atoms with Gasteiger partial charge in [-0.25, -0.2) is 14.4 Å². The van der Waals surface area contributed by atoms with Gasteiger partial charge < -0.3 is 28.8 Å². The Morgan fingerprint density at radius 2 is 1.75 bits per heavy atom. The van der Waals surface area contributed by atoms with Gasteiger partial charge in [-0.2, -0.15) is 0 Å². The van der Waals surface area contributed by atoms with Crippen molar-refractivity contribution in [2.45, 2.75) is 76.5 Å². The van der Waals surface area contributed by atoms with Crippen molar-refractivity contribution in [2.75, 3.05) is 19.8 Å². The highest BCUT2D eigenvalue weighted by Crippen LogP contribution is 2.72. The quantitative estimate of drug-likeness (QED) is 0.230. The van der Waals surface area contributed by atoms with E-state index in [1.54, 1.807) is 6.92 Å². The van der Waals surface area contributed by atoms with Crippen molar-refractivity contribution in [1.29, 1.82) is 0 Å². The van der Waals surface area contributed by atoms with E-state index in [4.69, 9.17) is 23.7 Å². The average molecular weight is 503 g/mol. The normalized spacial score (nSPS) is 46.8. The number of hydrogen-bond acceptors (Lipinski definition) is 9. The van der Waals surface area contributed by atoms with Gasteiger partial charge in [-0.3, -0.25) is 0 Å². The molecule has 0 aromatic heterocycles. The SMILES string of the molecule is CC1=CC2OC3CC4OC(=O)/C=C\C=C\C(=O)OCCC(C)C(O)C(=O)OCC2(CC1)C4(C)C31CO1. The highest BCUT2D eigenvalue weighted by molar-refractivity contribution is 5.84. The summed E-state index contributed by atoms with van der Waals surface area (Å²) in [5, 5.41) is 10.6. The lowest BCUT2D eigenvalue weighted by Gasteiger charge is -2.58. The van der Waals surface area contributed by atoms with Gasteiger partial charge in [0.2, 0.25) is 0 Å². The Bertz CT molecular complexity index is 1020. The van der Waals surface area contributed by atoms with Crippen molar-refractivity contribution in [3.63, 3.8) is 0 Å². The maximum atomic E-state index is 12.9. The van der Waals surface area contributed by atoms with Crippen LogP contribution in [-0.2, 0) is 38.1 Å². The number of hydrogen-bond donors (Lipinski definition) is 1. The second-order valence-electron chi connectivity index (χ2n) is 11.0. The molecule has 0 radical (unpaired) electrons. The monoisotopic (exact) mass is 502 g/mol. The summed E-state index contributed by atoms with van der Waals surface area (Å²) >= 11 is 0. The standard InChI is InChI=1S/C27H34O9/c1-16-8-10-26-14-33-24(31)23(30)17(2)9-11-32-21(28)6-4-5-7-22(29)36-18-13-20(35-19(26)12-16)27(15-34-27)25(18,26)3/h4-7,12,17-20,23,30H,8-11,13-15H2,1-3H3/b6-4+,7-5-. The highest BCUT2D eigenvalue weighted by atomic mass is 16.6. The minimum absolute atomic E-state index is 0.00000344. The molecule has 0 aromatic carbocycles. The molecule has 1 saturated carbocycles. The molecular formula is C27H34O9. The number of esters is 3. The molecule has 196 valence electrons. The van der Waals surface area contributed by atoms with Gasteiger partial charge in [0.15, 0.2) is 6.10 Å². The molecule has 2 bridgehead atoms. The predicted molar refractivity (Wildman–Crippen MR) is 125 cm³/mol. The van der Waals surface area contributed by atoms with Crippen LogP contribution in [0.4, 0.5) is 0 Å². The molecule has 9 nitrogen and oxygen atoms in total. The molecule has 2 aliphatic carbocycles. The van der Waals surface area contributed by atoms with Crippen LogP contribution in [0.5, 0.6) is 0 Å². The molecule has 2 spiro atoms. The molecule has 0 aromatic rings. The van der Waals surface area contributed by atoms with E-state index in [9.17, 15) is 19.5 Å². The van der Waals surface area contributed by atoms with E-state index in [1.807, 2.05) is 0 Å². The number of cyclic esters (lactones) is 2. The number of carbonyl (C=O) groups excluding carboxylic acids is 3. The van der Waals surface area contributed by atoms with Gasteiger partial charge in [-0.05, 0) is 32.1 Å². The van der Waals surface area contributed by atoms with E-state index in [-0.39, 0.29) is 31.8 Å². The lowest BCUT2D eigenvalue weighted by atomic mass is 9.51. The van der Waals surface area contributed by atoms with Gasteiger partial charge in [-0.15, -0.1) is 0 Å². The third-order valence-electron chi connectivity index (χ3n) is 9.12. The van der Waals surface area contributed by atoms with Gasteiger partial charge in [0, 0.05) is 24.0 Å². The molecule has 5 aliphatic rings.